The van der Waals surface area contributed by atoms with Crippen LogP contribution in [0.1, 0.15) is 38.0 Å². The Labute approximate surface area is 114 Å². The number of aryl methyl sites for hydroxylation is 1. The van der Waals surface area contributed by atoms with E-state index in [0.717, 1.165) is 5.56 Å². The van der Waals surface area contributed by atoms with E-state index in [1.807, 2.05) is 39.0 Å². The Morgan fingerprint density at radius 3 is 2.63 bits per heavy atom. The molecule has 0 radical (unpaired) electrons. The molecular formula is C15H23NO3. The molecule has 1 aromatic rings. The zero-order valence-corrected chi connectivity index (χ0v) is 12.1. The second-order valence-electron chi connectivity index (χ2n) is 5.20. The van der Waals surface area contributed by atoms with E-state index in [1.54, 1.807) is 6.92 Å². The van der Waals surface area contributed by atoms with Gasteiger partial charge in [-0.1, -0.05) is 26.0 Å². The van der Waals surface area contributed by atoms with Crippen molar-refractivity contribution in [2.75, 3.05) is 13.2 Å². The zero-order valence-electron chi connectivity index (χ0n) is 12.1. The van der Waals surface area contributed by atoms with Gasteiger partial charge >= 0.3 is 0 Å². The van der Waals surface area contributed by atoms with E-state index >= 15 is 0 Å². The first-order chi connectivity index (χ1) is 8.90. The van der Waals surface area contributed by atoms with Crippen LogP contribution in [0.3, 0.4) is 0 Å². The number of rotatable bonds is 6. The number of amides is 1. The maximum absolute atomic E-state index is 11.6. The summed E-state index contributed by atoms with van der Waals surface area (Å²) in [5.41, 5.74) is 1.73. The molecule has 0 saturated carbocycles. The van der Waals surface area contributed by atoms with Crippen LogP contribution in [0.15, 0.2) is 18.2 Å². The third-order valence-electron chi connectivity index (χ3n) is 2.69. The van der Waals surface area contributed by atoms with Crippen LogP contribution in [0.25, 0.3) is 0 Å². The number of benzene rings is 1. The van der Waals surface area contributed by atoms with Crippen molar-refractivity contribution in [1.29, 1.82) is 0 Å². The van der Waals surface area contributed by atoms with Gasteiger partial charge in [-0.15, -0.1) is 0 Å². The Morgan fingerprint density at radius 2 is 2.05 bits per heavy atom. The highest BCUT2D eigenvalue weighted by Crippen LogP contribution is 2.26. The molecule has 1 aromatic carbocycles. The number of carbonyl (C=O) groups excluding carboxylic acids is 1. The van der Waals surface area contributed by atoms with E-state index in [0.29, 0.717) is 23.8 Å². The number of ether oxygens (including phenoxy) is 1. The Hall–Kier alpha value is -1.55. The zero-order chi connectivity index (χ0) is 14.4. The van der Waals surface area contributed by atoms with Gasteiger partial charge in [0.15, 0.2) is 6.61 Å². The predicted molar refractivity (Wildman–Crippen MR) is 75.2 cm³/mol. The molecule has 0 bridgehead atoms. The van der Waals surface area contributed by atoms with Crippen molar-refractivity contribution in [2.45, 2.75) is 33.8 Å². The van der Waals surface area contributed by atoms with Gasteiger partial charge in [-0.25, -0.2) is 0 Å². The van der Waals surface area contributed by atoms with Crippen molar-refractivity contribution < 1.29 is 14.6 Å². The third-order valence-corrected chi connectivity index (χ3v) is 2.69. The summed E-state index contributed by atoms with van der Waals surface area (Å²) in [7, 11) is 0. The van der Waals surface area contributed by atoms with E-state index in [9.17, 15) is 9.90 Å². The summed E-state index contributed by atoms with van der Waals surface area (Å²) in [5, 5.41) is 12.4. The molecule has 4 nitrogen and oxygen atoms in total. The molecule has 0 saturated heterocycles. The van der Waals surface area contributed by atoms with Gasteiger partial charge in [0.05, 0.1) is 6.10 Å². The van der Waals surface area contributed by atoms with Crippen LogP contribution in [0.5, 0.6) is 5.75 Å². The molecule has 0 unspecified atom stereocenters. The van der Waals surface area contributed by atoms with Crippen LogP contribution in [-0.4, -0.2) is 24.2 Å². The van der Waals surface area contributed by atoms with Crippen LogP contribution >= 0.6 is 0 Å². The SMILES string of the molecule is Cc1ccc([C@H](C)O)c(OCC(=O)NCC(C)C)c1. The van der Waals surface area contributed by atoms with Crippen molar-refractivity contribution >= 4 is 5.91 Å². The Morgan fingerprint density at radius 1 is 1.37 bits per heavy atom. The standard InChI is InChI=1S/C15H23NO3/c1-10(2)8-16-15(18)9-19-14-7-11(3)5-6-13(14)12(4)17/h5-7,10,12,17H,8-9H2,1-4H3,(H,16,18)/t12-/m0/s1. The van der Waals surface area contributed by atoms with E-state index < -0.39 is 6.10 Å². The minimum Gasteiger partial charge on any atom is -0.483 e. The Kier molecular flexibility index (Phi) is 5.83. The summed E-state index contributed by atoms with van der Waals surface area (Å²) in [5.74, 6) is 0.831. The highest BCUT2D eigenvalue weighted by Gasteiger charge is 2.11. The van der Waals surface area contributed by atoms with Crippen LogP contribution in [0, 0.1) is 12.8 Å². The first kappa shape index (κ1) is 15.5. The molecule has 106 valence electrons. The fourth-order valence-corrected chi connectivity index (χ4v) is 1.62. The maximum Gasteiger partial charge on any atom is 0.257 e. The molecule has 0 aliphatic carbocycles. The lowest BCUT2D eigenvalue weighted by Gasteiger charge is -2.14. The van der Waals surface area contributed by atoms with Gasteiger partial charge in [-0.2, -0.15) is 0 Å². The van der Waals surface area contributed by atoms with Crippen LogP contribution in [0.2, 0.25) is 0 Å². The summed E-state index contributed by atoms with van der Waals surface area (Å²) in [6.45, 7) is 8.30. The Bertz CT molecular complexity index is 427. The number of hydrogen-bond donors (Lipinski definition) is 2. The van der Waals surface area contributed by atoms with Gasteiger partial charge in [-0.3, -0.25) is 4.79 Å². The van der Waals surface area contributed by atoms with Gasteiger partial charge in [0, 0.05) is 12.1 Å². The first-order valence-corrected chi connectivity index (χ1v) is 6.58. The molecule has 0 fully saturated rings. The quantitative estimate of drug-likeness (QED) is 0.829. The van der Waals surface area contributed by atoms with Crippen LogP contribution in [0.4, 0.5) is 0 Å². The van der Waals surface area contributed by atoms with Crippen molar-refractivity contribution in [1.82, 2.24) is 5.32 Å². The lowest BCUT2D eigenvalue weighted by molar-refractivity contribution is -0.123. The number of carbonyl (C=O) groups is 1. The van der Waals surface area contributed by atoms with Gasteiger partial charge in [-0.05, 0) is 31.4 Å². The smallest absolute Gasteiger partial charge is 0.257 e. The molecule has 1 rings (SSSR count). The third kappa shape index (κ3) is 5.30. The highest BCUT2D eigenvalue weighted by molar-refractivity contribution is 5.77. The fraction of sp³-hybridized carbons (Fsp3) is 0.533. The fourth-order valence-electron chi connectivity index (χ4n) is 1.62. The molecule has 0 spiro atoms. The molecule has 1 atom stereocenters. The van der Waals surface area contributed by atoms with Gasteiger partial charge in [0.2, 0.25) is 0 Å². The lowest BCUT2D eigenvalue weighted by atomic mass is 10.1. The molecule has 0 aliphatic heterocycles. The topological polar surface area (TPSA) is 58.6 Å². The summed E-state index contributed by atoms with van der Waals surface area (Å²) in [6.07, 6.45) is -0.616. The minimum absolute atomic E-state index is 0.0319. The number of aliphatic hydroxyl groups is 1. The van der Waals surface area contributed by atoms with Crippen LogP contribution < -0.4 is 10.1 Å². The van der Waals surface area contributed by atoms with Gasteiger partial charge < -0.3 is 15.2 Å². The first-order valence-electron chi connectivity index (χ1n) is 6.58. The number of aliphatic hydroxyl groups excluding tert-OH is 1. The van der Waals surface area contributed by atoms with E-state index in [4.69, 9.17) is 4.74 Å². The van der Waals surface area contributed by atoms with Gasteiger partial charge in [0.25, 0.3) is 5.91 Å². The predicted octanol–water partition coefficient (Wildman–Crippen LogP) is 2.20. The van der Waals surface area contributed by atoms with E-state index in [2.05, 4.69) is 5.32 Å². The average Bonchev–Trinajstić information content (AvgIpc) is 2.33. The van der Waals surface area contributed by atoms with Crippen LogP contribution in [-0.2, 0) is 4.79 Å². The summed E-state index contributed by atoms with van der Waals surface area (Å²) in [4.78, 5) is 11.6. The molecule has 1 amide bonds. The van der Waals surface area contributed by atoms with E-state index in [1.165, 1.54) is 0 Å². The highest BCUT2D eigenvalue weighted by atomic mass is 16.5. The second-order valence-corrected chi connectivity index (χ2v) is 5.20. The largest absolute Gasteiger partial charge is 0.483 e. The van der Waals surface area contributed by atoms with Gasteiger partial charge in [0.1, 0.15) is 5.75 Å². The van der Waals surface area contributed by atoms with E-state index in [-0.39, 0.29) is 12.5 Å². The molecule has 2 N–H and O–H groups in total. The maximum atomic E-state index is 11.6. The van der Waals surface area contributed by atoms with Crippen molar-refractivity contribution in [2.24, 2.45) is 5.92 Å². The summed E-state index contributed by atoms with van der Waals surface area (Å²) >= 11 is 0. The molecule has 0 aromatic heterocycles. The molecule has 4 heteroatoms. The number of nitrogens with one attached hydrogen (secondary N) is 1. The second kappa shape index (κ2) is 7.14. The minimum atomic E-state index is -0.616. The monoisotopic (exact) mass is 265 g/mol. The Balaban J connectivity index is 2.61. The lowest BCUT2D eigenvalue weighted by Crippen LogP contribution is -2.31. The molecule has 0 heterocycles. The molecule has 0 aliphatic rings. The molecular weight excluding hydrogens is 242 g/mol. The van der Waals surface area contributed by atoms with Crippen molar-refractivity contribution in [3.63, 3.8) is 0 Å². The normalized spacial score (nSPS) is 12.3. The average molecular weight is 265 g/mol. The molecule has 19 heavy (non-hydrogen) atoms. The summed E-state index contributed by atoms with van der Waals surface area (Å²) in [6, 6.07) is 5.56. The summed E-state index contributed by atoms with van der Waals surface area (Å²) < 4.78 is 5.50. The van der Waals surface area contributed by atoms with Crippen molar-refractivity contribution in [3.8, 4) is 5.75 Å². The number of hydrogen-bond acceptors (Lipinski definition) is 3. The van der Waals surface area contributed by atoms with Crippen molar-refractivity contribution in [3.05, 3.63) is 29.3 Å².